The summed E-state index contributed by atoms with van der Waals surface area (Å²) in [4.78, 5) is 12.0. The highest BCUT2D eigenvalue weighted by molar-refractivity contribution is 7.91. The number of carbonyl (C=O) groups is 1. The van der Waals surface area contributed by atoms with E-state index in [0.29, 0.717) is 30.1 Å². The lowest BCUT2D eigenvalue weighted by Crippen LogP contribution is -2.23. The molecule has 0 saturated heterocycles. The van der Waals surface area contributed by atoms with Crippen molar-refractivity contribution in [2.24, 2.45) is 0 Å². The Kier molecular flexibility index (Phi) is 8.63. The molecule has 0 aliphatic carbocycles. The summed E-state index contributed by atoms with van der Waals surface area (Å²) in [7, 11) is -3.69. The summed E-state index contributed by atoms with van der Waals surface area (Å²) in [5.41, 5.74) is 2.02. The van der Waals surface area contributed by atoms with Gasteiger partial charge >= 0.3 is 5.97 Å². The Morgan fingerprint density at radius 1 is 1.03 bits per heavy atom. The second-order valence-corrected chi connectivity index (χ2v) is 9.80. The van der Waals surface area contributed by atoms with Gasteiger partial charge in [0, 0.05) is 11.6 Å². The molecule has 8 heteroatoms. The molecular weight excluding hydrogens is 462 g/mol. The second kappa shape index (κ2) is 11.4. The summed E-state index contributed by atoms with van der Waals surface area (Å²) < 4.78 is 30.7. The average molecular weight is 488 g/mol. The minimum atomic E-state index is -3.69. The normalized spacial score (nSPS) is 12.3. The van der Waals surface area contributed by atoms with Crippen LogP contribution >= 0.6 is 11.6 Å². The van der Waals surface area contributed by atoms with E-state index in [-0.39, 0.29) is 16.4 Å². The summed E-state index contributed by atoms with van der Waals surface area (Å²) >= 11 is 5.95. The van der Waals surface area contributed by atoms with Crippen molar-refractivity contribution in [1.82, 2.24) is 5.32 Å². The number of hydrogen-bond donors (Lipinski definition) is 2. The van der Waals surface area contributed by atoms with Crippen LogP contribution in [0.2, 0.25) is 5.02 Å². The van der Waals surface area contributed by atoms with Gasteiger partial charge in [-0.3, -0.25) is 0 Å². The number of rotatable bonds is 10. The zero-order valence-electron chi connectivity index (χ0n) is 18.2. The van der Waals surface area contributed by atoms with Crippen LogP contribution in [-0.4, -0.2) is 39.2 Å². The first kappa shape index (κ1) is 24.9. The van der Waals surface area contributed by atoms with Gasteiger partial charge in [0.2, 0.25) is 9.84 Å². The van der Waals surface area contributed by atoms with E-state index in [4.69, 9.17) is 16.3 Å². The van der Waals surface area contributed by atoms with Gasteiger partial charge in [-0.25, -0.2) is 13.2 Å². The standard InChI is InChI=1S/C25H26ClNO5S/c1-2-32-25(29)19-8-12-23(13-9-19)33(30,31)22-10-6-18(7-11-22)14-15-27-17-24(28)20-4-3-5-21(26)16-20/h3-13,16,24,27-28H,2,14-15,17H2,1H3/t24-/m0/s1. The number of hydrogen-bond acceptors (Lipinski definition) is 6. The highest BCUT2D eigenvalue weighted by Crippen LogP contribution is 2.22. The van der Waals surface area contributed by atoms with E-state index < -0.39 is 21.9 Å². The van der Waals surface area contributed by atoms with Crippen molar-refractivity contribution in [2.75, 3.05) is 19.7 Å². The van der Waals surface area contributed by atoms with E-state index in [1.165, 1.54) is 24.3 Å². The minimum Gasteiger partial charge on any atom is -0.462 e. The molecule has 1 atom stereocenters. The molecule has 3 aromatic carbocycles. The average Bonchev–Trinajstić information content (AvgIpc) is 2.82. The molecule has 0 fully saturated rings. The van der Waals surface area contributed by atoms with Crippen molar-refractivity contribution in [3.63, 3.8) is 0 Å². The second-order valence-electron chi connectivity index (χ2n) is 7.42. The van der Waals surface area contributed by atoms with Crippen molar-refractivity contribution >= 4 is 27.4 Å². The Morgan fingerprint density at radius 3 is 2.27 bits per heavy atom. The fraction of sp³-hybridized carbons (Fsp3) is 0.240. The summed E-state index contributed by atoms with van der Waals surface area (Å²) in [6.07, 6.45) is 0.0167. The van der Waals surface area contributed by atoms with Gasteiger partial charge in [-0.2, -0.15) is 0 Å². The predicted octanol–water partition coefficient (Wildman–Crippen LogP) is 4.22. The zero-order chi connectivity index (χ0) is 23.8. The van der Waals surface area contributed by atoms with Gasteiger partial charge in [0.25, 0.3) is 0 Å². The number of halogens is 1. The van der Waals surface area contributed by atoms with E-state index in [1.807, 2.05) is 6.07 Å². The summed E-state index contributed by atoms with van der Waals surface area (Å²) in [5.74, 6) is -0.487. The molecule has 6 nitrogen and oxygen atoms in total. The molecule has 0 saturated carbocycles. The summed E-state index contributed by atoms with van der Waals surface area (Å²) in [5, 5.41) is 14.0. The van der Waals surface area contributed by atoms with E-state index >= 15 is 0 Å². The molecule has 33 heavy (non-hydrogen) atoms. The quantitative estimate of drug-likeness (QED) is 0.328. The van der Waals surface area contributed by atoms with Crippen LogP contribution in [0.5, 0.6) is 0 Å². The lowest BCUT2D eigenvalue weighted by Gasteiger charge is -2.13. The van der Waals surface area contributed by atoms with Crippen LogP contribution in [0.15, 0.2) is 82.6 Å². The first-order valence-corrected chi connectivity index (χ1v) is 12.4. The number of esters is 1. The third-order valence-electron chi connectivity index (χ3n) is 5.07. The Hall–Kier alpha value is -2.71. The highest BCUT2D eigenvalue weighted by atomic mass is 35.5. The Morgan fingerprint density at radius 2 is 1.67 bits per heavy atom. The van der Waals surface area contributed by atoms with Gasteiger partial charge in [0.15, 0.2) is 0 Å². The van der Waals surface area contributed by atoms with Crippen molar-refractivity contribution in [1.29, 1.82) is 0 Å². The number of nitrogens with one attached hydrogen (secondary N) is 1. The Balaban J connectivity index is 1.55. The molecule has 174 valence electrons. The van der Waals surface area contributed by atoms with Gasteiger partial charge in [-0.05, 0) is 79.5 Å². The van der Waals surface area contributed by atoms with Gasteiger partial charge in [0.05, 0.1) is 28.1 Å². The van der Waals surface area contributed by atoms with Crippen LogP contribution in [0, 0.1) is 0 Å². The fourth-order valence-corrected chi connectivity index (χ4v) is 4.72. The third kappa shape index (κ3) is 6.65. The first-order chi connectivity index (χ1) is 15.8. The fourth-order valence-electron chi connectivity index (χ4n) is 3.26. The number of ether oxygens (including phenoxy) is 1. The molecule has 0 spiro atoms. The van der Waals surface area contributed by atoms with E-state index in [2.05, 4.69) is 5.32 Å². The lowest BCUT2D eigenvalue weighted by atomic mass is 10.1. The van der Waals surface area contributed by atoms with E-state index in [9.17, 15) is 18.3 Å². The molecule has 0 aliphatic rings. The third-order valence-corrected chi connectivity index (χ3v) is 7.09. The van der Waals surface area contributed by atoms with Gasteiger partial charge in [0.1, 0.15) is 0 Å². The maximum atomic E-state index is 12.9. The van der Waals surface area contributed by atoms with Crippen LogP contribution < -0.4 is 5.32 Å². The number of carbonyl (C=O) groups excluding carboxylic acids is 1. The number of benzene rings is 3. The van der Waals surface area contributed by atoms with Crippen LogP contribution in [0.4, 0.5) is 0 Å². The number of sulfone groups is 1. The van der Waals surface area contributed by atoms with Crippen molar-refractivity contribution < 1.29 is 23.1 Å². The summed E-state index contributed by atoms with van der Waals surface area (Å²) in [6, 6.07) is 19.5. The monoisotopic (exact) mass is 487 g/mol. The maximum Gasteiger partial charge on any atom is 0.338 e. The Bertz CT molecular complexity index is 1180. The van der Waals surface area contributed by atoms with Gasteiger partial charge in [-0.1, -0.05) is 35.9 Å². The number of aliphatic hydroxyl groups excluding tert-OH is 1. The molecule has 0 aromatic heterocycles. The van der Waals surface area contributed by atoms with Crippen LogP contribution in [-0.2, 0) is 21.0 Å². The molecule has 2 N–H and O–H groups in total. The van der Waals surface area contributed by atoms with E-state index in [0.717, 1.165) is 11.1 Å². The Labute approximate surface area is 199 Å². The van der Waals surface area contributed by atoms with Crippen molar-refractivity contribution in [3.8, 4) is 0 Å². The highest BCUT2D eigenvalue weighted by Gasteiger charge is 2.18. The van der Waals surface area contributed by atoms with Gasteiger partial charge < -0.3 is 15.2 Å². The van der Waals surface area contributed by atoms with Crippen LogP contribution in [0.1, 0.15) is 34.5 Å². The topological polar surface area (TPSA) is 92.7 Å². The van der Waals surface area contributed by atoms with Crippen molar-refractivity contribution in [2.45, 2.75) is 29.2 Å². The predicted molar refractivity (Wildman–Crippen MR) is 127 cm³/mol. The molecule has 3 aromatic rings. The largest absolute Gasteiger partial charge is 0.462 e. The lowest BCUT2D eigenvalue weighted by molar-refractivity contribution is 0.0526. The number of aliphatic hydroxyl groups is 1. The first-order valence-electron chi connectivity index (χ1n) is 10.6. The smallest absolute Gasteiger partial charge is 0.338 e. The van der Waals surface area contributed by atoms with Crippen LogP contribution in [0.3, 0.4) is 0 Å². The van der Waals surface area contributed by atoms with Crippen molar-refractivity contribution in [3.05, 3.63) is 94.5 Å². The zero-order valence-corrected chi connectivity index (χ0v) is 19.8. The molecular formula is C25H26ClNO5S. The van der Waals surface area contributed by atoms with Crippen LogP contribution in [0.25, 0.3) is 0 Å². The molecule has 3 rings (SSSR count). The van der Waals surface area contributed by atoms with E-state index in [1.54, 1.807) is 49.4 Å². The molecule has 0 heterocycles. The molecule has 0 amide bonds. The maximum absolute atomic E-state index is 12.9. The molecule has 0 aliphatic heterocycles. The molecule has 0 bridgehead atoms. The summed E-state index contributed by atoms with van der Waals surface area (Å²) in [6.45, 7) is 2.97. The molecule has 0 radical (unpaired) electrons. The molecule has 0 unspecified atom stereocenters. The SMILES string of the molecule is CCOC(=O)c1ccc(S(=O)(=O)c2ccc(CCNC[C@H](O)c3cccc(Cl)c3)cc2)cc1. The van der Waals surface area contributed by atoms with Gasteiger partial charge in [-0.15, -0.1) is 0 Å². The minimum absolute atomic E-state index is 0.111.